The number of pyridine rings is 2. The molecule has 0 radical (unpaired) electrons. The molecule has 124 valence electrons. The van der Waals surface area contributed by atoms with Crippen LogP contribution in [0.5, 0.6) is 0 Å². The molecule has 0 aliphatic heterocycles. The van der Waals surface area contributed by atoms with Crippen LogP contribution >= 0.6 is 0 Å². The summed E-state index contributed by atoms with van der Waals surface area (Å²) in [5.41, 5.74) is 4.32. The van der Waals surface area contributed by atoms with Gasteiger partial charge in [-0.25, -0.2) is 4.98 Å². The second-order valence-corrected chi connectivity index (χ2v) is 5.94. The SMILES string of the molecule is CN(C)c1ccc(CNCc2cn(C)nc2-c2cccnc2)cn1. The third-order valence-electron chi connectivity index (χ3n) is 3.75. The second kappa shape index (κ2) is 7.23. The lowest BCUT2D eigenvalue weighted by molar-refractivity contribution is 0.690. The van der Waals surface area contributed by atoms with Crippen molar-refractivity contribution < 1.29 is 0 Å². The first-order chi connectivity index (χ1) is 11.6. The van der Waals surface area contributed by atoms with Gasteiger partial charge in [-0.2, -0.15) is 5.10 Å². The Hall–Kier alpha value is -2.73. The Balaban J connectivity index is 1.65. The first-order valence-corrected chi connectivity index (χ1v) is 7.89. The van der Waals surface area contributed by atoms with Crippen LogP contribution in [0.2, 0.25) is 0 Å². The van der Waals surface area contributed by atoms with Gasteiger partial charge in [-0.1, -0.05) is 6.07 Å². The maximum atomic E-state index is 4.56. The molecule has 0 saturated carbocycles. The summed E-state index contributed by atoms with van der Waals surface area (Å²) in [5.74, 6) is 0.963. The van der Waals surface area contributed by atoms with Crippen molar-refractivity contribution in [3.8, 4) is 11.3 Å². The summed E-state index contributed by atoms with van der Waals surface area (Å²) in [6, 6.07) is 8.09. The maximum absolute atomic E-state index is 4.56. The van der Waals surface area contributed by atoms with E-state index >= 15 is 0 Å². The number of nitrogens with zero attached hydrogens (tertiary/aromatic N) is 5. The molecule has 0 spiro atoms. The van der Waals surface area contributed by atoms with Gasteiger partial charge in [0.2, 0.25) is 0 Å². The molecule has 0 bridgehead atoms. The van der Waals surface area contributed by atoms with Gasteiger partial charge in [0.25, 0.3) is 0 Å². The molecule has 24 heavy (non-hydrogen) atoms. The van der Waals surface area contributed by atoms with Gasteiger partial charge in [0.05, 0.1) is 5.69 Å². The van der Waals surface area contributed by atoms with Gasteiger partial charge in [0, 0.05) is 70.1 Å². The van der Waals surface area contributed by atoms with Crippen molar-refractivity contribution in [2.24, 2.45) is 7.05 Å². The van der Waals surface area contributed by atoms with Crippen LogP contribution in [-0.2, 0) is 20.1 Å². The first-order valence-electron chi connectivity index (χ1n) is 7.89. The molecule has 0 aliphatic rings. The first kappa shape index (κ1) is 16.1. The van der Waals surface area contributed by atoms with E-state index in [4.69, 9.17) is 0 Å². The van der Waals surface area contributed by atoms with E-state index in [1.165, 1.54) is 0 Å². The Morgan fingerprint density at radius 3 is 2.67 bits per heavy atom. The third kappa shape index (κ3) is 3.78. The summed E-state index contributed by atoms with van der Waals surface area (Å²) in [4.78, 5) is 10.6. The van der Waals surface area contributed by atoms with E-state index in [-0.39, 0.29) is 0 Å². The van der Waals surface area contributed by atoms with E-state index in [9.17, 15) is 0 Å². The Bertz CT molecular complexity index is 777. The Kier molecular flexibility index (Phi) is 4.86. The summed E-state index contributed by atoms with van der Waals surface area (Å²) in [6.07, 6.45) is 7.57. The number of anilines is 1. The average Bonchev–Trinajstić information content (AvgIpc) is 2.97. The summed E-state index contributed by atoms with van der Waals surface area (Å²) < 4.78 is 1.84. The van der Waals surface area contributed by atoms with Gasteiger partial charge in [-0.05, 0) is 23.8 Å². The number of rotatable bonds is 6. The summed E-state index contributed by atoms with van der Waals surface area (Å²) in [7, 11) is 5.92. The molecule has 0 fully saturated rings. The van der Waals surface area contributed by atoms with Crippen molar-refractivity contribution in [1.29, 1.82) is 0 Å². The molecule has 3 aromatic rings. The van der Waals surface area contributed by atoms with Gasteiger partial charge in [0.1, 0.15) is 5.82 Å². The van der Waals surface area contributed by atoms with Crippen molar-refractivity contribution in [2.75, 3.05) is 19.0 Å². The molecule has 1 N–H and O–H groups in total. The quantitative estimate of drug-likeness (QED) is 0.754. The fourth-order valence-corrected chi connectivity index (χ4v) is 2.54. The van der Waals surface area contributed by atoms with Crippen LogP contribution in [0.1, 0.15) is 11.1 Å². The van der Waals surface area contributed by atoms with Crippen LogP contribution in [0.3, 0.4) is 0 Å². The topological polar surface area (TPSA) is 58.9 Å². The Morgan fingerprint density at radius 1 is 1.12 bits per heavy atom. The maximum Gasteiger partial charge on any atom is 0.127 e. The van der Waals surface area contributed by atoms with Crippen LogP contribution in [0, 0.1) is 0 Å². The van der Waals surface area contributed by atoms with Gasteiger partial charge in [-0.15, -0.1) is 0 Å². The zero-order valence-electron chi connectivity index (χ0n) is 14.3. The molecule has 0 amide bonds. The lowest BCUT2D eigenvalue weighted by atomic mass is 10.1. The molecule has 3 aromatic heterocycles. The van der Waals surface area contributed by atoms with E-state index < -0.39 is 0 Å². The highest BCUT2D eigenvalue weighted by molar-refractivity contribution is 5.61. The van der Waals surface area contributed by atoms with Crippen molar-refractivity contribution in [3.63, 3.8) is 0 Å². The molecule has 0 aliphatic carbocycles. The summed E-state index contributed by atoms with van der Waals surface area (Å²) in [6.45, 7) is 1.51. The monoisotopic (exact) mass is 322 g/mol. The van der Waals surface area contributed by atoms with Gasteiger partial charge < -0.3 is 10.2 Å². The molecule has 0 unspecified atom stereocenters. The van der Waals surface area contributed by atoms with Crippen molar-refractivity contribution in [1.82, 2.24) is 25.1 Å². The fourth-order valence-electron chi connectivity index (χ4n) is 2.54. The van der Waals surface area contributed by atoms with Crippen LogP contribution in [0.25, 0.3) is 11.3 Å². The largest absolute Gasteiger partial charge is 0.363 e. The zero-order chi connectivity index (χ0) is 16.9. The molecule has 6 nitrogen and oxygen atoms in total. The van der Waals surface area contributed by atoms with Crippen LogP contribution in [-0.4, -0.2) is 33.8 Å². The summed E-state index contributed by atoms with van der Waals surface area (Å²) >= 11 is 0. The highest BCUT2D eigenvalue weighted by atomic mass is 15.3. The number of aromatic nitrogens is 4. The Labute approximate surface area is 142 Å². The van der Waals surface area contributed by atoms with Crippen molar-refractivity contribution in [2.45, 2.75) is 13.1 Å². The highest BCUT2D eigenvalue weighted by Gasteiger charge is 2.10. The Morgan fingerprint density at radius 2 is 2.00 bits per heavy atom. The van der Waals surface area contributed by atoms with E-state index in [1.807, 2.05) is 67.5 Å². The van der Waals surface area contributed by atoms with Gasteiger partial charge in [-0.3, -0.25) is 9.67 Å². The number of hydrogen-bond donors (Lipinski definition) is 1. The standard InChI is InChI=1S/C18H22N6/c1-23(2)17-7-6-14(10-21-17)9-20-12-16-13-24(3)22-18(16)15-5-4-8-19-11-15/h4-8,10-11,13,20H,9,12H2,1-3H3. The molecule has 0 aromatic carbocycles. The van der Waals surface area contributed by atoms with E-state index in [0.717, 1.165) is 41.3 Å². The minimum absolute atomic E-state index is 0.744. The third-order valence-corrected chi connectivity index (χ3v) is 3.75. The predicted molar refractivity (Wildman–Crippen MR) is 95.5 cm³/mol. The molecule has 0 atom stereocenters. The zero-order valence-corrected chi connectivity index (χ0v) is 14.3. The summed E-state index contributed by atoms with van der Waals surface area (Å²) in [5, 5.41) is 8.02. The normalized spacial score (nSPS) is 10.8. The van der Waals surface area contributed by atoms with Gasteiger partial charge >= 0.3 is 0 Å². The number of aryl methyl sites for hydroxylation is 1. The molecular formula is C18H22N6. The minimum Gasteiger partial charge on any atom is -0.363 e. The van der Waals surface area contributed by atoms with Crippen molar-refractivity contribution >= 4 is 5.82 Å². The van der Waals surface area contributed by atoms with E-state index in [0.29, 0.717) is 0 Å². The molecule has 3 rings (SSSR count). The van der Waals surface area contributed by atoms with Gasteiger partial charge in [0.15, 0.2) is 0 Å². The molecular weight excluding hydrogens is 300 g/mol. The van der Waals surface area contributed by atoms with Crippen LogP contribution < -0.4 is 10.2 Å². The predicted octanol–water partition coefficient (Wildman–Crippen LogP) is 2.23. The fraction of sp³-hybridized carbons (Fsp3) is 0.278. The van der Waals surface area contributed by atoms with Crippen molar-refractivity contribution in [3.05, 3.63) is 60.2 Å². The van der Waals surface area contributed by atoms with E-state index in [2.05, 4.69) is 26.4 Å². The second-order valence-electron chi connectivity index (χ2n) is 5.94. The molecule has 6 heteroatoms. The minimum atomic E-state index is 0.744. The lowest BCUT2D eigenvalue weighted by Gasteiger charge is -2.11. The number of nitrogens with one attached hydrogen (secondary N) is 1. The van der Waals surface area contributed by atoms with E-state index in [1.54, 1.807) is 6.20 Å². The lowest BCUT2D eigenvalue weighted by Crippen LogP contribution is -2.14. The van der Waals surface area contributed by atoms with Crippen LogP contribution in [0.15, 0.2) is 49.1 Å². The van der Waals surface area contributed by atoms with Crippen LogP contribution in [0.4, 0.5) is 5.82 Å². The number of hydrogen-bond acceptors (Lipinski definition) is 5. The smallest absolute Gasteiger partial charge is 0.127 e. The average molecular weight is 322 g/mol. The molecule has 0 saturated heterocycles. The molecule has 3 heterocycles. The highest BCUT2D eigenvalue weighted by Crippen LogP contribution is 2.20.